The zero-order valence-corrected chi connectivity index (χ0v) is 7.29. The topological polar surface area (TPSA) is 8.72 Å². The van der Waals surface area contributed by atoms with E-state index in [2.05, 4.69) is 9.69 Å². The van der Waals surface area contributed by atoms with Gasteiger partial charge < -0.3 is 9.69 Å². The smallest absolute Gasteiger partial charge is 0.217 e. The van der Waals surface area contributed by atoms with E-state index < -0.39 is 0 Å². The molecule has 0 bridgehead atoms. The first kappa shape index (κ1) is 9.07. The van der Waals surface area contributed by atoms with Crippen LogP contribution in [0.5, 0.6) is 0 Å². The summed E-state index contributed by atoms with van der Waals surface area (Å²) in [6.07, 6.45) is 4.68. The molecule has 0 spiro atoms. The molecule has 64 valence electrons. The molecule has 0 aliphatic heterocycles. The fraction of sp³-hybridized carbons (Fsp3) is 0.800. The summed E-state index contributed by atoms with van der Waals surface area (Å²) in [7, 11) is 0. The molecular formula is C10H14N2. The van der Waals surface area contributed by atoms with Crippen molar-refractivity contribution < 1.29 is 0 Å². The van der Waals surface area contributed by atoms with Gasteiger partial charge in [0.2, 0.25) is 13.1 Å². The first-order valence-corrected chi connectivity index (χ1v) is 4.53. The highest BCUT2D eigenvalue weighted by Crippen LogP contribution is 2.28. The minimum absolute atomic E-state index is 0.629. The Labute approximate surface area is 74.2 Å². The minimum atomic E-state index is 0.629. The molecule has 0 unspecified atom stereocenters. The molecule has 2 nitrogen and oxygen atoms in total. The number of rotatable bonds is 2. The molecule has 0 N–H and O–H groups in total. The van der Waals surface area contributed by atoms with Gasteiger partial charge in [-0.15, -0.1) is 0 Å². The summed E-state index contributed by atoms with van der Waals surface area (Å²) in [5, 5.41) is 0. The van der Waals surface area contributed by atoms with Gasteiger partial charge in [0.25, 0.3) is 0 Å². The van der Waals surface area contributed by atoms with Gasteiger partial charge in [-0.3, -0.25) is 0 Å². The fourth-order valence-corrected chi connectivity index (χ4v) is 1.85. The molecule has 0 atom stereocenters. The lowest BCUT2D eigenvalue weighted by molar-refractivity contribution is 0.300. The second-order valence-corrected chi connectivity index (χ2v) is 3.57. The van der Waals surface area contributed by atoms with Gasteiger partial charge in [-0.25, -0.2) is 13.1 Å². The Morgan fingerprint density at radius 1 is 0.833 bits per heavy atom. The summed E-state index contributed by atoms with van der Waals surface area (Å²) in [4.78, 5) is 6.84. The molecule has 1 aliphatic rings. The third-order valence-corrected chi connectivity index (χ3v) is 2.67. The highest BCUT2D eigenvalue weighted by Gasteiger charge is 2.24. The quantitative estimate of drug-likeness (QED) is 0.552. The Kier molecular flexibility index (Phi) is 3.61. The summed E-state index contributed by atoms with van der Waals surface area (Å²) in [5.41, 5.74) is 0. The Morgan fingerprint density at radius 2 is 1.17 bits per heavy atom. The van der Waals surface area contributed by atoms with Gasteiger partial charge in [-0.2, -0.15) is 0 Å². The predicted octanol–water partition coefficient (Wildman–Crippen LogP) is 2.63. The summed E-state index contributed by atoms with van der Waals surface area (Å²) in [6.45, 7) is 14.9. The van der Waals surface area contributed by atoms with Gasteiger partial charge in [0.05, 0.1) is 0 Å². The molecular weight excluding hydrogens is 148 g/mol. The summed E-state index contributed by atoms with van der Waals surface area (Å²) in [5.74, 6) is 1.26. The zero-order valence-electron chi connectivity index (χ0n) is 7.29. The van der Waals surface area contributed by atoms with E-state index in [-0.39, 0.29) is 0 Å². The van der Waals surface area contributed by atoms with Crippen molar-refractivity contribution in [2.45, 2.75) is 25.7 Å². The largest absolute Gasteiger partial charge is 0.317 e. The van der Waals surface area contributed by atoms with Crippen molar-refractivity contribution in [2.24, 2.45) is 11.8 Å². The van der Waals surface area contributed by atoms with Crippen LogP contribution in [0, 0.1) is 25.0 Å². The highest BCUT2D eigenvalue weighted by molar-refractivity contribution is 4.80. The molecule has 1 fully saturated rings. The maximum Gasteiger partial charge on any atom is 0.217 e. The monoisotopic (exact) mass is 162 g/mol. The number of nitrogens with zero attached hydrogens (tertiary/aromatic N) is 2. The van der Waals surface area contributed by atoms with Crippen molar-refractivity contribution in [2.75, 3.05) is 13.1 Å². The zero-order chi connectivity index (χ0) is 8.81. The van der Waals surface area contributed by atoms with Crippen molar-refractivity contribution >= 4 is 0 Å². The van der Waals surface area contributed by atoms with E-state index in [0.29, 0.717) is 24.9 Å². The third kappa shape index (κ3) is 2.55. The first-order chi connectivity index (χ1) is 5.86. The van der Waals surface area contributed by atoms with Crippen LogP contribution < -0.4 is 0 Å². The Balaban J connectivity index is 2.22. The second-order valence-electron chi connectivity index (χ2n) is 3.57. The van der Waals surface area contributed by atoms with E-state index in [4.69, 9.17) is 13.1 Å². The lowest BCUT2D eigenvalue weighted by Gasteiger charge is -2.21. The van der Waals surface area contributed by atoms with Crippen LogP contribution in [0.25, 0.3) is 9.69 Å². The van der Waals surface area contributed by atoms with Gasteiger partial charge in [0.1, 0.15) is 0 Å². The van der Waals surface area contributed by atoms with Crippen LogP contribution in [-0.2, 0) is 0 Å². The van der Waals surface area contributed by atoms with Gasteiger partial charge in [0.15, 0.2) is 0 Å². The normalized spacial score (nSPS) is 28.8. The average Bonchev–Trinajstić information content (AvgIpc) is 2.09. The third-order valence-electron chi connectivity index (χ3n) is 2.67. The Morgan fingerprint density at radius 3 is 1.42 bits per heavy atom. The van der Waals surface area contributed by atoms with Crippen LogP contribution in [0.1, 0.15) is 25.7 Å². The molecule has 0 amide bonds. The SMILES string of the molecule is [C-]#[N+]CC1CCC(C[N+]#[C-])CC1. The van der Waals surface area contributed by atoms with E-state index in [1.165, 1.54) is 25.7 Å². The molecule has 2 heteroatoms. The lowest BCUT2D eigenvalue weighted by atomic mass is 9.82. The van der Waals surface area contributed by atoms with E-state index in [9.17, 15) is 0 Å². The predicted molar refractivity (Wildman–Crippen MR) is 48.4 cm³/mol. The summed E-state index contributed by atoms with van der Waals surface area (Å²) in [6, 6.07) is 0. The standard InChI is InChI=1S/C10H14N2/c1-11-7-9-3-5-10(6-4-9)8-12-2/h9-10H,3-8H2. The average molecular weight is 162 g/mol. The van der Waals surface area contributed by atoms with Crippen LogP contribution in [0.3, 0.4) is 0 Å². The van der Waals surface area contributed by atoms with Crippen molar-refractivity contribution in [1.82, 2.24) is 0 Å². The number of hydrogen-bond acceptors (Lipinski definition) is 0. The maximum absolute atomic E-state index is 6.75. The van der Waals surface area contributed by atoms with E-state index >= 15 is 0 Å². The Hall–Kier alpha value is -1.02. The molecule has 0 saturated heterocycles. The van der Waals surface area contributed by atoms with Crippen molar-refractivity contribution in [3.63, 3.8) is 0 Å². The Bertz CT molecular complexity index is 177. The molecule has 0 radical (unpaired) electrons. The molecule has 1 rings (SSSR count). The van der Waals surface area contributed by atoms with Crippen molar-refractivity contribution in [3.05, 3.63) is 22.8 Å². The highest BCUT2D eigenvalue weighted by atomic mass is 14.7. The van der Waals surface area contributed by atoms with E-state index in [0.717, 1.165) is 0 Å². The van der Waals surface area contributed by atoms with Crippen LogP contribution in [0.2, 0.25) is 0 Å². The molecule has 0 aromatic heterocycles. The molecule has 0 aromatic rings. The van der Waals surface area contributed by atoms with Crippen molar-refractivity contribution in [3.8, 4) is 0 Å². The van der Waals surface area contributed by atoms with E-state index in [1.807, 2.05) is 0 Å². The lowest BCUT2D eigenvalue weighted by Crippen LogP contribution is -2.17. The molecule has 1 aliphatic carbocycles. The number of hydrogen-bond donors (Lipinski definition) is 0. The maximum atomic E-state index is 6.75. The van der Waals surface area contributed by atoms with Gasteiger partial charge >= 0.3 is 0 Å². The summed E-state index contributed by atoms with van der Waals surface area (Å²) >= 11 is 0. The van der Waals surface area contributed by atoms with Crippen LogP contribution in [0.15, 0.2) is 0 Å². The fourth-order valence-electron chi connectivity index (χ4n) is 1.85. The van der Waals surface area contributed by atoms with Crippen LogP contribution in [-0.4, -0.2) is 13.1 Å². The molecule has 0 heterocycles. The van der Waals surface area contributed by atoms with Gasteiger partial charge in [-0.1, -0.05) is 0 Å². The van der Waals surface area contributed by atoms with Crippen LogP contribution in [0.4, 0.5) is 0 Å². The second kappa shape index (κ2) is 4.78. The van der Waals surface area contributed by atoms with Gasteiger partial charge in [-0.05, 0) is 25.7 Å². The minimum Gasteiger partial charge on any atom is -0.317 e. The first-order valence-electron chi connectivity index (χ1n) is 4.53. The van der Waals surface area contributed by atoms with E-state index in [1.54, 1.807) is 0 Å². The van der Waals surface area contributed by atoms with Gasteiger partial charge in [0, 0.05) is 11.8 Å². The van der Waals surface area contributed by atoms with Crippen LogP contribution >= 0.6 is 0 Å². The molecule has 12 heavy (non-hydrogen) atoms. The molecule has 0 aromatic carbocycles. The molecule has 1 saturated carbocycles. The summed E-state index contributed by atoms with van der Waals surface area (Å²) < 4.78 is 0. The van der Waals surface area contributed by atoms with Crippen molar-refractivity contribution in [1.29, 1.82) is 0 Å².